The van der Waals surface area contributed by atoms with E-state index >= 15 is 0 Å². The molecular formula is C34H25N3O5. The van der Waals surface area contributed by atoms with Gasteiger partial charge in [-0.3, -0.25) is 24.5 Å². The molecule has 4 atom stereocenters. The van der Waals surface area contributed by atoms with Gasteiger partial charge in [0.2, 0.25) is 5.91 Å². The van der Waals surface area contributed by atoms with Crippen molar-refractivity contribution in [2.24, 2.45) is 5.92 Å². The number of carbonyl (C=O) groups is 3. The summed E-state index contributed by atoms with van der Waals surface area (Å²) in [5.41, 5.74) is 2.92. The number of nitrogens with zero attached hydrogens (tertiary/aromatic N) is 2. The second-order valence-corrected chi connectivity index (χ2v) is 11.0. The van der Waals surface area contributed by atoms with Crippen LogP contribution in [0.5, 0.6) is 0 Å². The lowest BCUT2D eigenvalue weighted by atomic mass is 9.64. The lowest BCUT2D eigenvalue weighted by Crippen LogP contribution is -2.51. The Morgan fingerprint density at radius 3 is 2.24 bits per heavy atom. The van der Waals surface area contributed by atoms with Gasteiger partial charge in [0.1, 0.15) is 11.5 Å². The molecule has 1 amide bonds. The molecule has 0 aromatic heterocycles. The summed E-state index contributed by atoms with van der Waals surface area (Å²) in [5, 5.41) is 14.3. The van der Waals surface area contributed by atoms with Gasteiger partial charge in [-0.1, -0.05) is 78.4 Å². The molecule has 4 aromatic rings. The molecule has 0 unspecified atom stereocenters. The van der Waals surface area contributed by atoms with Gasteiger partial charge in [-0.05, 0) is 42.3 Å². The predicted molar refractivity (Wildman–Crippen MR) is 159 cm³/mol. The summed E-state index contributed by atoms with van der Waals surface area (Å²) in [7, 11) is 0. The molecule has 1 N–H and O–H groups in total. The van der Waals surface area contributed by atoms with Crippen LogP contribution in [-0.2, 0) is 10.2 Å². The molecule has 0 radical (unpaired) electrons. The number of carbonyl (C=O) groups excluding carboxylic acids is 3. The minimum absolute atomic E-state index is 0.144. The van der Waals surface area contributed by atoms with E-state index in [1.165, 1.54) is 24.3 Å². The maximum atomic E-state index is 14.7. The van der Waals surface area contributed by atoms with Gasteiger partial charge in [-0.15, -0.1) is 0 Å². The summed E-state index contributed by atoms with van der Waals surface area (Å²) in [5.74, 6) is -2.15. The molecular weight excluding hydrogens is 530 g/mol. The van der Waals surface area contributed by atoms with E-state index in [0.29, 0.717) is 16.8 Å². The number of fused-ring (bicyclic) bond motifs is 6. The minimum Gasteiger partial charge on any atom is -0.352 e. The van der Waals surface area contributed by atoms with Gasteiger partial charge >= 0.3 is 0 Å². The lowest BCUT2D eigenvalue weighted by Gasteiger charge is -2.37. The van der Waals surface area contributed by atoms with Crippen LogP contribution in [0.4, 0.5) is 17.1 Å². The number of para-hydroxylation sites is 2. The van der Waals surface area contributed by atoms with E-state index in [4.69, 9.17) is 0 Å². The Bertz CT molecular complexity index is 1830. The summed E-state index contributed by atoms with van der Waals surface area (Å²) in [6.07, 6.45) is 3.86. The minimum atomic E-state index is -1.41. The highest BCUT2D eigenvalue weighted by molar-refractivity contribution is 6.18. The third-order valence-electron chi connectivity index (χ3n) is 8.79. The first-order chi connectivity index (χ1) is 20.3. The van der Waals surface area contributed by atoms with Crippen molar-refractivity contribution >= 4 is 40.6 Å². The van der Waals surface area contributed by atoms with Crippen LogP contribution >= 0.6 is 0 Å². The standard InChI is InChI=1S/C34H25N3O5/c1-20-10-12-22(13-11-20)31(38)29-30(32(39)23-14-17-24(18-15-23)37(41)42)36-27-9-5-2-6-21(27)16-19-28(36)34(29)25-7-3-4-8-26(25)35-33(34)40/h2-19,28-30H,1H3,(H,35,40)/t28-,29-,30+,34+/m1/s1. The van der Waals surface area contributed by atoms with Crippen molar-refractivity contribution in [3.8, 4) is 0 Å². The molecule has 1 saturated heterocycles. The molecule has 4 aromatic carbocycles. The molecule has 1 fully saturated rings. The fourth-order valence-corrected chi connectivity index (χ4v) is 6.94. The monoisotopic (exact) mass is 555 g/mol. The van der Waals surface area contributed by atoms with Crippen molar-refractivity contribution < 1.29 is 19.3 Å². The van der Waals surface area contributed by atoms with Crippen molar-refractivity contribution in [3.05, 3.63) is 141 Å². The Balaban J connectivity index is 1.51. The Hall–Kier alpha value is -5.37. The smallest absolute Gasteiger partial charge is 0.269 e. The summed E-state index contributed by atoms with van der Waals surface area (Å²) >= 11 is 0. The van der Waals surface area contributed by atoms with Crippen LogP contribution in [0, 0.1) is 23.0 Å². The summed E-state index contributed by atoms with van der Waals surface area (Å²) in [4.78, 5) is 56.4. The fraction of sp³-hybridized carbons (Fsp3) is 0.147. The third-order valence-corrected chi connectivity index (χ3v) is 8.79. The molecule has 8 heteroatoms. The van der Waals surface area contributed by atoms with Crippen LogP contribution in [0.25, 0.3) is 6.08 Å². The zero-order valence-corrected chi connectivity index (χ0v) is 22.6. The molecule has 0 bridgehead atoms. The average molecular weight is 556 g/mol. The van der Waals surface area contributed by atoms with Crippen molar-refractivity contribution in [1.82, 2.24) is 0 Å². The zero-order valence-electron chi connectivity index (χ0n) is 22.6. The number of Topliss-reactive ketones (excluding diaryl/α,β-unsaturated/α-hetero) is 2. The number of anilines is 2. The van der Waals surface area contributed by atoms with E-state index in [9.17, 15) is 24.5 Å². The Morgan fingerprint density at radius 2 is 1.50 bits per heavy atom. The summed E-state index contributed by atoms with van der Waals surface area (Å²) in [6, 6.07) is 25.8. The molecule has 0 saturated carbocycles. The van der Waals surface area contributed by atoms with Gasteiger partial charge in [0.05, 0.1) is 16.9 Å². The zero-order chi connectivity index (χ0) is 29.2. The first-order valence-electron chi connectivity index (χ1n) is 13.7. The van der Waals surface area contributed by atoms with Crippen molar-refractivity contribution in [2.75, 3.05) is 10.2 Å². The molecule has 42 heavy (non-hydrogen) atoms. The van der Waals surface area contributed by atoms with E-state index in [-0.39, 0.29) is 28.7 Å². The molecule has 3 heterocycles. The largest absolute Gasteiger partial charge is 0.352 e. The van der Waals surface area contributed by atoms with E-state index in [2.05, 4.69) is 5.32 Å². The highest BCUT2D eigenvalue weighted by atomic mass is 16.6. The second-order valence-electron chi connectivity index (χ2n) is 11.0. The van der Waals surface area contributed by atoms with Gasteiger partial charge < -0.3 is 10.2 Å². The van der Waals surface area contributed by atoms with Crippen LogP contribution in [0.3, 0.4) is 0 Å². The quantitative estimate of drug-likeness (QED) is 0.191. The summed E-state index contributed by atoms with van der Waals surface area (Å²) < 4.78 is 0. The number of nitro groups is 1. The van der Waals surface area contributed by atoms with Crippen molar-refractivity contribution in [1.29, 1.82) is 0 Å². The number of nitrogens with one attached hydrogen (secondary N) is 1. The number of non-ortho nitro benzene ring substituents is 1. The maximum Gasteiger partial charge on any atom is 0.269 e. The van der Waals surface area contributed by atoms with E-state index in [1.54, 1.807) is 12.1 Å². The topological polar surface area (TPSA) is 110 Å². The fourth-order valence-electron chi connectivity index (χ4n) is 6.94. The highest BCUT2D eigenvalue weighted by Crippen LogP contribution is 2.58. The molecule has 7 rings (SSSR count). The normalized spacial score (nSPS) is 23.2. The number of nitro benzene ring substituents is 1. The van der Waals surface area contributed by atoms with E-state index < -0.39 is 28.3 Å². The number of hydrogen-bond donors (Lipinski definition) is 1. The average Bonchev–Trinajstić information content (AvgIpc) is 3.49. The Kier molecular flexibility index (Phi) is 5.69. The molecule has 8 nitrogen and oxygen atoms in total. The number of rotatable bonds is 5. The van der Waals surface area contributed by atoms with Crippen LogP contribution < -0.4 is 10.2 Å². The predicted octanol–water partition coefficient (Wildman–Crippen LogP) is 5.76. The van der Waals surface area contributed by atoms with E-state index in [1.807, 2.05) is 84.6 Å². The number of benzene rings is 4. The van der Waals surface area contributed by atoms with Crippen molar-refractivity contribution in [2.45, 2.75) is 24.4 Å². The van der Waals surface area contributed by atoms with Crippen LogP contribution in [0.1, 0.15) is 37.4 Å². The second kappa shape index (κ2) is 9.34. The first kappa shape index (κ1) is 25.6. The number of ketones is 2. The SMILES string of the molecule is Cc1ccc(C(=O)[C@H]2[C@@H](C(=O)c3ccc([N+](=O)[O-])cc3)N3c4ccccc4C=C[C@@H]3[C@]23C(=O)Nc2ccccc23)cc1. The Labute approximate surface area is 241 Å². The third kappa shape index (κ3) is 3.51. The molecule has 3 aliphatic heterocycles. The molecule has 0 aliphatic carbocycles. The van der Waals surface area contributed by atoms with Gasteiger partial charge in [0.15, 0.2) is 11.6 Å². The number of hydrogen-bond acceptors (Lipinski definition) is 6. The molecule has 206 valence electrons. The van der Waals surface area contributed by atoms with Crippen LogP contribution in [0.15, 0.2) is 103 Å². The van der Waals surface area contributed by atoms with Crippen LogP contribution in [-0.4, -0.2) is 34.5 Å². The maximum absolute atomic E-state index is 14.7. The van der Waals surface area contributed by atoms with Crippen LogP contribution in [0.2, 0.25) is 0 Å². The number of amides is 1. The number of aryl methyl sites for hydroxylation is 1. The highest BCUT2D eigenvalue weighted by Gasteiger charge is 2.70. The molecule has 1 spiro atoms. The summed E-state index contributed by atoms with van der Waals surface area (Å²) in [6.45, 7) is 1.93. The van der Waals surface area contributed by atoms with Gasteiger partial charge in [-0.25, -0.2) is 0 Å². The Morgan fingerprint density at radius 1 is 0.857 bits per heavy atom. The van der Waals surface area contributed by atoms with Crippen molar-refractivity contribution in [3.63, 3.8) is 0 Å². The van der Waals surface area contributed by atoms with Gasteiger partial charge in [0.25, 0.3) is 5.69 Å². The van der Waals surface area contributed by atoms with Gasteiger partial charge in [0, 0.05) is 34.6 Å². The lowest BCUT2D eigenvalue weighted by molar-refractivity contribution is -0.384. The first-order valence-corrected chi connectivity index (χ1v) is 13.7. The molecule has 3 aliphatic rings. The van der Waals surface area contributed by atoms with E-state index in [0.717, 1.165) is 16.8 Å². The van der Waals surface area contributed by atoms with Gasteiger partial charge in [-0.2, -0.15) is 0 Å².